The van der Waals surface area contributed by atoms with Gasteiger partial charge in [-0.1, -0.05) is 30.3 Å². The molecule has 2 atom stereocenters. The predicted octanol–water partition coefficient (Wildman–Crippen LogP) is 5.87. The molecule has 2 fully saturated rings. The van der Waals surface area contributed by atoms with Gasteiger partial charge in [-0.25, -0.2) is 9.78 Å². The lowest BCUT2D eigenvalue weighted by molar-refractivity contribution is -0.00508. The Morgan fingerprint density at radius 3 is 2.63 bits per heavy atom. The molecular formula is C32H40ClN5O3. The number of ether oxygens (including phenoxy) is 1. The molecule has 0 unspecified atom stereocenters. The number of hydrogen-bond acceptors (Lipinski definition) is 6. The Kier molecular flexibility index (Phi) is 8.55. The topological polar surface area (TPSA) is 83.7 Å². The SMILES string of the molecule is C=C1/C=C(Cl)\C=C/C[C@H](N2CCN(C(=O)OC3(C)CCCC3)CC2)c2ncccc2/C=C\1[C@](C)(O)c1cncn1C. The number of nitrogens with zero attached hydrogens (tertiary/aromatic N) is 5. The van der Waals surface area contributed by atoms with Gasteiger partial charge in [0.25, 0.3) is 0 Å². The summed E-state index contributed by atoms with van der Waals surface area (Å²) in [6.07, 6.45) is 17.4. The molecule has 3 aliphatic rings. The second-order valence-electron chi connectivity index (χ2n) is 11.8. The van der Waals surface area contributed by atoms with Crippen LogP contribution in [0.5, 0.6) is 0 Å². The van der Waals surface area contributed by atoms with Gasteiger partial charge in [-0.05, 0) is 87.0 Å². The normalized spacial score (nSPS) is 26.5. The van der Waals surface area contributed by atoms with E-state index in [0.717, 1.165) is 36.9 Å². The first-order valence-corrected chi connectivity index (χ1v) is 14.8. The molecule has 2 aromatic heterocycles. The molecule has 1 aliphatic heterocycles. The number of pyridine rings is 1. The van der Waals surface area contributed by atoms with Crippen molar-refractivity contribution in [3.8, 4) is 0 Å². The van der Waals surface area contributed by atoms with E-state index >= 15 is 0 Å². The van der Waals surface area contributed by atoms with Crippen molar-refractivity contribution >= 4 is 23.8 Å². The first-order chi connectivity index (χ1) is 19.6. The molecule has 9 heteroatoms. The second kappa shape index (κ2) is 12.0. The summed E-state index contributed by atoms with van der Waals surface area (Å²) in [6.45, 7) is 10.6. The maximum Gasteiger partial charge on any atom is 0.410 e. The summed E-state index contributed by atoms with van der Waals surface area (Å²) in [6, 6.07) is 3.87. The number of fused-ring (bicyclic) bond motifs is 1. The molecule has 0 spiro atoms. The van der Waals surface area contributed by atoms with Crippen molar-refractivity contribution < 1.29 is 14.6 Å². The number of aromatic nitrogens is 3. The molecule has 218 valence electrons. The lowest BCUT2D eigenvalue weighted by Gasteiger charge is -2.40. The molecule has 0 bridgehead atoms. The van der Waals surface area contributed by atoms with Crippen LogP contribution < -0.4 is 0 Å². The number of aryl methyl sites for hydroxylation is 1. The number of piperazine rings is 1. The summed E-state index contributed by atoms with van der Waals surface area (Å²) < 4.78 is 7.74. The van der Waals surface area contributed by atoms with Gasteiger partial charge in [0.15, 0.2) is 0 Å². The summed E-state index contributed by atoms with van der Waals surface area (Å²) in [5.41, 5.74) is 1.91. The van der Waals surface area contributed by atoms with E-state index in [9.17, 15) is 9.90 Å². The fourth-order valence-corrected chi connectivity index (χ4v) is 6.47. The van der Waals surface area contributed by atoms with Gasteiger partial charge in [-0.3, -0.25) is 9.88 Å². The number of halogens is 1. The quantitative estimate of drug-likeness (QED) is 0.489. The number of amides is 1. The highest BCUT2D eigenvalue weighted by Gasteiger charge is 2.37. The highest BCUT2D eigenvalue weighted by Crippen LogP contribution is 2.38. The van der Waals surface area contributed by atoms with E-state index in [2.05, 4.69) is 22.5 Å². The van der Waals surface area contributed by atoms with E-state index in [1.165, 1.54) is 0 Å². The summed E-state index contributed by atoms with van der Waals surface area (Å²) in [7, 11) is 1.85. The van der Waals surface area contributed by atoms with Crippen LogP contribution in [-0.4, -0.2) is 67.3 Å². The number of carbonyl (C=O) groups is 1. The minimum Gasteiger partial charge on any atom is -0.443 e. The molecular weight excluding hydrogens is 538 g/mol. The Hall–Kier alpha value is -3.20. The smallest absolute Gasteiger partial charge is 0.410 e. The molecule has 41 heavy (non-hydrogen) atoms. The second-order valence-corrected chi connectivity index (χ2v) is 12.2. The molecule has 5 rings (SSSR count). The Balaban J connectivity index is 1.45. The van der Waals surface area contributed by atoms with Gasteiger partial charge in [-0.15, -0.1) is 0 Å². The van der Waals surface area contributed by atoms with E-state index in [1.807, 2.05) is 43.2 Å². The van der Waals surface area contributed by atoms with Gasteiger partial charge < -0.3 is 19.3 Å². The van der Waals surface area contributed by atoms with Gasteiger partial charge in [0.05, 0.1) is 30.0 Å². The van der Waals surface area contributed by atoms with Gasteiger partial charge in [0.1, 0.15) is 11.2 Å². The van der Waals surface area contributed by atoms with Crippen molar-refractivity contribution in [1.29, 1.82) is 0 Å². The lowest BCUT2D eigenvalue weighted by atomic mass is 9.85. The predicted molar refractivity (Wildman–Crippen MR) is 161 cm³/mol. The monoisotopic (exact) mass is 577 g/mol. The molecule has 0 aromatic carbocycles. The van der Waals surface area contributed by atoms with E-state index in [-0.39, 0.29) is 17.7 Å². The molecule has 2 aromatic rings. The molecule has 1 N–H and O–H groups in total. The number of imidazole rings is 1. The number of aliphatic hydroxyl groups is 1. The number of hydrogen-bond donors (Lipinski definition) is 1. The summed E-state index contributed by atoms with van der Waals surface area (Å²) in [5, 5.41) is 12.4. The maximum absolute atomic E-state index is 13.0. The maximum atomic E-state index is 13.0. The fraction of sp³-hybridized carbons (Fsp3) is 0.469. The van der Waals surface area contributed by atoms with Crippen molar-refractivity contribution in [3.05, 3.63) is 88.8 Å². The van der Waals surface area contributed by atoms with Crippen LogP contribution in [0, 0.1) is 0 Å². The first kappa shape index (κ1) is 29.3. The van der Waals surface area contributed by atoms with Crippen LogP contribution >= 0.6 is 11.6 Å². The van der Waals surface area contributed by atoms with Crippen LogP contribution in [0.4, 0.5) is 4.79 Å². The zero-order chi connectivity index (χ0) is 29.2. The van der Waals surface area contributed by atoms with Crippen molar-refractivity contribution in [3.63, 3.8) is 0 Å². The van der Waals surface area contributed by atoms with Crippen molar-refractivity contribution in [2.45, 2.75) is 63.2 Å². The Morgan fingerprint density at radius 1 is 1.22 bits per heavy atom. The van der Waals surface area contributed by atoms with Crippen LogP contribution in [0.3, 0.4) is 0 Å². The summed E-state index contributed by atoms with van der Waals surface area (Å²) in [5.74, 6) is 0. The molecule has 1 saturated heterocycles. The number of rotatable bonds is 4. The third kappa shape index (κ3) is 6.35. The van der Waals surface area contributed by atoms with Crippen molar-refractivity contribution in [1.82, 2.24) is 24.3 Å². The van der Waals surface area contributed by atoms with Crippen LogP contribution in [-0.2, 0) is 17.4 Å². The fourth-order valence-electron chi connectivity index (χ4n) is 6.25. The Labute approximate surface area is 247 Å². The molecule has 2 aliphatic carbocycles. The molecule has 3 heterocycles. The van der Waals surface area contributed by atoms with Crippen LogP contribution in [0.25, 0.3) is 6.08 Å². The van der Waals surface area contributed by atoms with Crippen LogP contribution in [0.2, 0.25) is 0 Å². The largest absolute Gasteiger partial charge is 0.443 e. The number of carbonyl (C=O) groups excluding carboxylic acids is 1. The Bertz CT molecular complexity index is 1380. The lowest BCUT2D eigenvalue weighted by Crippen LogP contribution is -2.51. The third-order valence-electron chi connectivity index (χ3n) is 8.63. The minimum atomic E-state index is -1.39. The highest BCUT2D eigenvalue weighted by atomic mass is 35.5. The molecule has 0 radical (unpaired) electrons. The van der Waals surface area contributed by atoms with Gasteiger partial charge in [0, 0.05) is 44.5 Å². The summed E-state index contributed by atoms with van der Waals surface area (Å²) in [4.78, 5) is 26.2. The standard InChI is InChI=1S/C32H40ClN5O3/c1-23-19-25(33)10-7-11-27(37-15-17-38(18-16-37)30(39)41-31(2)12-5-6-13-31)29-24(9-8-14-35-29)20-26(23)32(3,40)28-21-34-22-36(28)4/h7-10,14,19-22,27,40H,1,5-6,11-13,15-18H2,2-4H3/b10-7-,25-19+,26-20+/t27-,32-/m0/s1. The Morgan fingerprint density at radius 2 is 1.95 bits per heavy atom. The number of allylic oxidation sites excluding steroid dienone is 3. The molecule has 1 saturated carbocycles. The molecule has 1 amide bonds. The zero-order valence-electron chi connectivity index (χ0n) is 24.2. The average molecular weight is 578 g/mol. The van der Waals surface area contributed by atoms with E-state index in [4.69, 9.17) is 21.3 Å². The highest BCUT2D eigenvalue weighted by molar-refractivity contribution is 6.31. The van der Waals surface area contributed by atoms with Crippen LogP contribution in [0.15, 0.2) is 71.8 Å². The minimum absolute atomic E-state index is 0.0528. The van der Waals surface area contributed by atoms with Gasteiger partial charge in [0.2, 0.25) is 0 Å². The zero-order valence-corrected chi connectivity index (χ0v) is 25.0. The summed E-state index contributed by atoms with van der Waals surface area (Å²) >= 11 is 6.62. The van der Waals surface area contributed by atoms with Crippen LogP contribution in [0.1, 0.15) is 68.9 Å². The van der Waals surface area contributed by atoms with E-state index < -0.39 is 5.60 Å². The average Bonchev–Trinajstić information content (AvgIpc) is 3.57. The third-order valence-corrected chi connectivity index (χ3v) is 8.86. The van der Waals surface area contributed by atoms with Gasteiger partial charge in [-0.2, -0.15) is 0 Å². The van der Waals surface area contributed by atoms with Crippen molar-refractivity contribution in [2.75, 3.05) is 26.2 Å². The van der Waals surface area contributed by atoms with E-state index in [1.54, 1.807) is 36.3 Å². The first-order valence-electron chi connectivity index (χ1n) is 14.4. The van der Waals surface area contributed by atoms with E-state index in [0.29, 0.717) is 54.5 Å². The van der Waals surface area contributed by atoms with Gasteiger partial charge >= 0.3 is 6.09 Å². The molecule has 8 nitrogen and oxygen atoms in total. The van der Waals surface area contributed by atoms with Crippen molar-refractivity contribution in [2.24, 2.45) is 7.05 Å².